The quantitative estimate of drug-likeness (QED) is 0.608. The number of hydrogen-bond acceptors (Lipinski definition) is 4. The van der Waals surface area contributed by atoms with Crippen LogP contribution in [0.2, 0.25) is 0 Å². The number of nitrogens with one attached hydrogen (secondary N) is 2. The average Bonchev–Trinajstić information content (AvgIpc) is 2.66. The normalized spacial score (nSPS) is 11.5. The van der Waals surface area contributed by atoms with Crippen LogP contribution >= 0.6 is 0 Å². The van der Waals surface area contributed by atoms with Crippen molar-refractivity contribution in [2.24, 2.45) is 0 Å². The highest BCUT2D eigenvalue weighted by Gasteiger charge is 2.14. The van der Waals surface area contributed by atoms with E-state index < -0.39 is 10.0 Å². The predicted molar refractivity (Wildman–Crippen MR) is 107 cm³/mol. The van der Waals surface area contributed by atoms with Crippen molar-refractivity contribution in [2.45, 2.75) is 17.7 Å². The molecule has 2 N–H and O–H groups in total. The number of rotatable bonds is 10. The van der Waals surface area contributed by atoms with Crippen LogP contribution in [0.4, 0.5) is 0 Å². The lowest BCUT2D eigenvalue weighted by Crippen LogP contribution is -2.27. The molecule has 2 rings (SSSR count). The first kappa shape index (κ1) is 21.1. The molecular weight excluding hydrogens is 362 g/mol. The van der Waals surface area contributed by atoms with E-state index in [1.165, 1.54) is 24.3 Å². The average molecular weight is 390 g/mol. The van der Waals surface area contributed by atoms with Crippen LogP contribution < -0.4 is 10.0 Å². The molecule has 7 heteroatoms. The maximum absolute atomic E-state index is 12.4. The molecule has 0 saturated carbocycles. The van der Waals surface area contributed by atoms with Gasteiger partial charge in [-0.15, -0.1) is 0 Å². The topological polar surface area (TPSA) is 78.5 Å². The van der Waals surface area contributed by atoms with Crippen LogP contribution in [0.25, 0.3) is 0 Å². The molecule has 0 unspecified atom stereocenters. The highest BCUT2D eigenvalue weighted by Crippen LogP contribution is 2.11. The molecule has 0 radical (unpaired) electrons. The molecule has 0 aliphatic heterocycles. The van der Waals surface area contributed by atoms with Gasteiger partial charge in [-0.1, -0.05) is 30.3 Å². The minimum atomic E-state index is -3.59. The smallest absolute Gasteiger partial charge is 0.251 e. The standard InChI is InChI=1S/C20H27N3O3S/c1-23(2)16-6-14-21-20(24)18-9-11-19(12-10-18)27(25,26)22-15-13-17-7-4-3-5-8-17/h3-5,7-12,22H,6,13-16H2,1-2H3,(H,21,24). The second-order valence-electron chi connectivity index (χ2n) is 6.57. The highest BCUT2D eigenvalue weighted by atomic mass is 32.2. The maximum atomic E-state index is 12.4. The van der Waals surface area contributed by atoms with Crippen LogP contribution in [0.1, 0.15) is 22.3 Å². The molecule has 0 saturated heterocycles. The Hall–Kier alpha value is -2.22. The molecule has 146 valence electrons. The Bertz CT molecular complexity index is 819. The second-order valence-corrected chi connectivity index (χ2v) is 8.34. The van der Waals surface area contributed by atoms with Gasteiger partial charge in [-0.2, -0.15) is 0 Å². The number of carbonyl (C=O) groups is 1. The summed E-state index contributed by atoms with van der Waals surface area (Å²) in [5.74, 6) is -0.199. The summed E-state index contributed by atoms with van der Waals surface area (Å²) in [6.07, 6.45) is 1.48. The Morgan fingerprint density at radius 3 is 2.26 bits per heavy atom. The summed E-state index contributed by atoms with van der Waals surface area (Å²) in [4.78, 5) is 14.3. The highest BCUT2D eigenvalue weighted by molar-refractivity contribution is 7.89. The van der Waals surface area contributed by atoms with Crippen molar-refractivity contribution in [3.05, 3.63) is 65.7 Å². The lowest BCUT2D eigenvalue weighted by atomic mass is 10.2. The minimum Gasteiger partial charge on any atom is -0.352 e. The molecule has 0 bridgehead atoms. The van der Waals surface area contributed by atoms with Gasteiger partial charge in [0, 0.05) is 18.7 Å². The molecule has 0 aliphatic rings. The SMILES string of the molecule is CN(C)CCCNC(=O)c1ccc(S(=O)(=O)NCCc2ccccc2)cc1. The van der Waals surface area contributed by atoms with E-state index in [2.05, 4.69) is 14.9 Å². The molecule has 27 heavy (non-hydrogen) atoms. The van der Waals surface area contributed by atoms with Crippen molar-refractivity contribution < 1.29 is 13.2 Å². The van der Waals surface area contributed by atoms with Gasteiger partial charge >= 0.3 is 0 Å². The van der Waals surface area contributed by atoms with Gasteiger partial charge in [-0.3, -0.25) is 4.79 Å². The third-order valence-electron chi connectivity index (χ3n) is 4.04. The first-order valence-electron chi connectivity index (χ1n) is 8.95. The Kier molecular flexibility index (Phi) is 7.97. The zero-order chi connectivity index (χ0) is 19.7. The zero-order valence-corrected chi connectivity index (χ0v) is 16.6. The molecule has 2 aromatic carbocycles. The largest absolute Gasteiger partial charge is 0.352 e. The van der Waals surface area contributed by atoms with E-state index in [1.807, 2.05) is 44.4 Å². The molecule has 0 fully saturated rings. The van der Waals surface area contributed by atoms with E-state index in [0.29, 0.717) is 25.1 Å². The van der Waals surface area contributed by atoms with E-state index in [0.717, 1.165) is 18.5 Å². The monoisotopic (exact) mass is 389 g/mol. The number of benzene rings is 2. The van der Waals surface area contributed by atoms with Gasteiger partial charge in [-0.05, 0) is 63.3 Å². The summed E-state index contributed by atoms with van der Waals surface area (Å²) in [5, 5.41) is 2.83. The molecule has 0 atom stereocenters. The minimum absolute atomic E-state index is 0.153. The van der Waals surface area contributed by atoms with E-state index >= 15 is 0 Å². The van der Waals surface area contributed by atoms with Gasteiger partial charge < -0.3 is 10.2 Å². The van der Waals surface area contributed by atoms with Gasteiger partial charge in [0.15, 0.2) is 0 Å². The molecule has 0 aliphatic carbocycles. The summed E-state index contributed by atoms with van der Waals surface area (Å²) < 4.78 is 27.3. The fraction of sp³-hybridized carbons (Fsp3) is 0.350. The lowest BCUT2D eigenvalue weighted by Gasteiger charge is -2.10. The van der Waals surface area contributed by atoms with Crippen molar-refractivity contribution in [3.8, 4) is 0 Å². The van der Waals surface area contributed by atoms with Crippen LogP contribution in [0.15, 0.2) is 59.5 Å². The summed E-state index contributed by atoms with van der Waals surface area (Å²) in [5.41, 5.74) is 1.52. The molecule has 2 aromatic rings. The fourth-order valence-corrected chi connectivity index (χ4v) is 3.57. The fourth-order valence-electron chi connectivity index (χ4n) is 2.54. The third-order valence-corrected chi connectivity index (χ3v) is 5.52. The number of hydrogen-bond donors (Lipinski definition) is 2. The molecule has 6 nitrogen and oxygen atoms in total. The third kappa shape index (κ3) is 7.13. The molecule has 0 heterocycles. The summed E-state index contributed by atoms with van der Waals surface area (Å²) in [6, 6.07) is 15.7. The molecule has 0 aromatic heterocycles. The summed E-state index contributed by atoms with van der Waals surface area (Å²) >= 11 is 0. The first-order valence-corrected chi connectivity index (χ1v) is 10.4. The van der Waals surface area contributed by atoms with Crippen LogP contribution in [0, 0.1) is 0 Å². The van der Waals surface area contributed by atoms with Crippen molar-refractivity contribution >= 4 is 15.9 Å². The van der Waals surface area contributed by atoms with Crippen LogP contribution in [-0.4, -0.2) is 53.0 Å². The Morgan fingerprint density at radius 1 is 0.963 bits per heavy atom. The molecular formula is C20H27N3O3S. The maximum Gasteiger partial charge on any atom is 0.251 e. The predicted octanol–water partition coefficient (Wildman–Crippen LogP) is 1.89. The first-order chi connectivity index (χ1) is 12.9. The second kappa shape index (κ2) is 10.2. The number of amides is 1. The summed E-state index contributed by atoms with van der Waals surface area (Å²) in [6.45, 7) is 1.80. The van der Waals surface area contributed by atoms with E-state index in [4.69, 9.17) is 0 Å². The molecule has 1 amide bonds. The van der Waals surface area contributed by atoms with Crippen LogP contribution in [0.3, 0.4) is 0 Å². The van der Waals surface area contributed by atoms with Gasteiger partial charge in [-0.25, -0.2) is 13.1 Å². The van der Waals surface area contributed by atoms with E-state index in [1.54, 1.807) is 0 Å². The lowest BCUT2D eigenvalue weighted by molar-refractivity contribution is 0.0952. The number of nitrogens with zero attached hydrogens (tertiary/aromatic N) is 1. The van der Waals surface area contributed by atoms with Crippen molar-refractivity contribution in [3.63, 3.8) is 0 Å². The van der Waals surface area contributed by atoms with Crippen molar-refractivity contribution in [1.29, 1.82) is 0 Å². The van der Waals surface area contributed by atoms with Gasteiger partial charge in [0.05, 0.1) is 4.90 Å². The summed E-state index contributed by atoms with van der Waals surface area (Å²) in [7, 11) is 0.372. The number of carbonyl (C=O) groups excluding carboxylic acids is 1. The molecule has 0 spiro atoms. The van der Waals surface area contributed by atoms with Crippen LogP contribution in [-0.2, 0) is 16.4 Å². The van der Waals surface area contributed by atoms with Gasteiger partial charge in [0.2, 0.25) is 10.0 Å². The van der Waals surface area contributed by atoms with Crippen LogP contribution in [0.5, 0.6) is 0 Å². The van der Waals surface area contributed by atoms with Crippen molar-refractivity contribution in [2.75, 3.05) is 33.7 Å². The van der Waals surface area contributed by atoms with Gasteiger partial charge in [0.1, 0.15) is 0 Å². The number of sulfonamides is 1. The zero-order valence-electron chi connectivity index (χ0n) is 15.8. The Morgan fingerprint density at radius 2 is 1.63 bits per heavy atom. The van der Waals surface area contributed by atoms with E-state index in [-0.39, 0.29) is 10.8 Å². The van der Waals surface area contributed by atoms with Crippen molar-refractivity contribution in [1.82, 2.24) is 14.9 Å². The van der Waals surface area contributed by atoms with Gasteiger partial charge in [0.25, 0.3) is 5.91 Å². The Balaban J connectivity index is 1.86. The van der Waals surface area contributed by atoms with E-state index in [9.17, 15) is 13.2 Å². The Labute approximate surface area is 161 Å².